The minimum atomic E-state index is -0.830. The fraction of sp³-hybridized carbons (Fsp3) is 0.308. The van der Waals surface area contributed by atoms with Crippen LogP contribution in [0, 0.1) is 16.0 Å². The van der Waals surface area contributed by atoms with Crippen LogP contribution >= 0.6 is 23.1 Å². The van der Waals surface area contributed by atoms with E-state index in [0.29, 0.717) is 36.2 Å². The van der Waals surface area contributed by atoms with E-state index < -0.39 is 33.8 Å². The maximum atomic E-state index is 13.8. The number of fused-ring (bicyclic) bond motifs is 2. The highest BCUT2D eigenvalue weighted by Gasteiger charge is 2.56. The average Bonchev–Trinajstić information content (AvgIpc) is 3.40. The SMILES string of the molecule is O=C(Cn1c2c(sc1=O)[C@@H](c1ccccc1)C1C(=O)N(c3ccc([N+](=O)[O-])cc3)C(=O)C1S2)N1CCOCC1. The molecule has 2 saturated heterocycles. The lowest BCUT2D eigenvalue weighted by Crippen LogP contribution is -2.43. The number of imide groups is 1. The van der Waals surface area contributed by atoms with Crippen LogP contribution in [-0.4, -0.2) is 63.7 Å². The van der Waals surface area contributed by atoms with E-state index in [9.17, 15) is 29.3 Å². The van der Waals surface area contributed by atoms with E-state index >= 15 is 0 Å². The highest BCUT2D eigenvalue weighted by atomic mass is 32.2. The van der Waals surface area contributed by atoms with Crippen molar-refractivity contribution in [2.75, 3.05) is 31.2 Å². The van der Waals surface area contributed by atoms with Crippen LogP contribution in [0.2, 0.25) is 0 Å². The second-order valence-corrected chi connectivity index (χ2v) is 11.5. The topological polar surface area (TPSA) is 132 Å². The zero-order valence-electron chi connectivity index (χ0n) is 20.4. The summed E-state index contributed by atoms with van der Waals surface area (Å²) in [6.07, 6.45) is 0. The highest BCUT2D eigenvalue weighted by molar-refractivity contribution is 8.00. The van der Waals surface area contributed by atoms with Gasteiger partial charge in [-0.25, -0.2) is 4.90 Å². The first-order valence-electron chi connectivity index (χ1n) is 12.3. The summed E-state index contributed by atoms with van der Waals surface area (Å²) in [5.41, 5.74) is 0.886. The number of benzene rings is 2. The molecule has 0 bridgehead atoms. The van der Waals surface area contributed by atoms with Gasteiger partial charge in [0.05, 0.1) is 34.8 Å². The third-order valence-electron chi connectivity index (χ3n) is 7.18. The molecule has 0 N–H and O–H groups in total. The van der Waals surface area contributed by atoms with Crippen molar-refractivity contribution in [1.82, 2.24) is 9.47 Å². The average molecular weight is 567 g/mol. The number of nitrogens with zero attached hydrogens (tertiary/aromatic N) is 4. The monoisotopic (exact) mass is 566 g/mol. The first-order chi connectivity index (χ1) is 18.8. The van der Waals surface area contributed by atoms with E-state index in [2.05, 4.69) is 0 Å². The zero-order chi connectivity index (χ0) is 27.3. The standard InChI is InChI=1S/C26H22N4O7S2/c31-18(27-10-12-37-13-11-27)14-28-25-22(39-26(28)34)19(15-4-2-1-3-5-15)20-21(38-25)24(33)29(23(20)32)16-6-8-17(9-7-16)30(35)36/h1-9,19-21H,10-14H2/t19-,20?,21?/m0/s1. The van der Waals surface area contributed by atoms with Crippen molar-refractivity contribution in [3.63, 3.8) is 0 Å². The molecule has 3 aliphatic heterocycles. The molecule has 2 unspecified atom stereocenters. The van der Waals surface area contributed by atoms with Gasteiger partial charge in [-0.1, -0.05) is 53.4 Å². The van der Waals surface area contributed by atoms with Gasteiger partial charge in [0.15, 0.2) is 0 Å². The minimum absolute atomic E-state index is 0.150. The molecule has 0 aliphatic carbocycles. The predicted octanol–water partition coefficient (Wildman–Crippen LogP) is 2.47. The largest absolute Gasteiger partial charge is 0.378 e. The Bertz CT molecular complexity index is 1530. The summed E-state index contributed by atoms with van der Waals surface area (Å²) in [5.74, 6) is -2.44. The molecule has 6 rings (SSSR count). The first-order valence-corrected chi connectivity index (χ1v) is 14.0. The number of ether oxygens (including phenoxy) is 1. The summed E-state index contributed by atoms with van der Waals surface area (Å²) in [5, 5.41) is 10.8. The van der Waals surface area contributed by atoms with Crippen LogP contribution in [0.25, 0.3) is 0 Å². The van der Waals surface area contributed by atoms with Gasteiger partial charge in [-0.3, -0.25) is 33.9 Å². The number of non-ortho nitro benzene ring substituents is 1. The number of nitro groups is 1. The fourth-order valence-electron chi connectivity index (χ4n) is 5.30. The number of rotatable bonds is 5. The van der Waals surface area contributed by atoms with Crippen molar-refractivity contribution >= 4 is 52.2 Å². The van der Waals surface area contributed by atoms with E-state index in [1.54, 1.807) is 4.90 Å². The molecule has 2 fully saturated rings. The van der Waals surface area contributed by atoms with E-state index in [1.165, 1.54) is 28.8 Å². The van der Waals surface area contributed by atoms with Crippen LogP contribution in [0.4, 0.5) is 11.4 Å². The van der Waals surface area contributed by atoms with E-state index in [0.717, 1.165) is 33.6 Å². The zero-order valence-corrected chi connectivity index (χ0v) is 22.1. The molecule has 2 aromatic carbocycles. The molecule has 0 radical (unpaired) electrons. The Morgan fingerprint density at radius 1 is 1.00 bits per heavy atom. The van der Waals surface area contributed by atoms with Crippen LogP contribution in [0.3, 0.4) is 0 Å². The van der Waals surface area contributed by atoms with Crippen molar-refractivity contribution in [2.45, 2.75) is 22.7 Å². The Labute approximate surface area is 230 Å². The first kappa shape index (κ1) is 25.5. The van der Waals surface area contributed by atoms with Crippen LogP contribution < -0.4 is 9.77 Å². The van der Waals surface area contributed by atoms with E-state index in [-0.39, 0.29) is 28.7 Å². The van der Waals surface area contributed by atoms with Gasteiger partial charge >= 0.3 is 4.87 Å². The molecule has 3 amide bonds. The molecule has 4 heterocycles. The Morgan fingerprint density at radius 2 is 1.69 bits per heavy atom. The number of carbonyl (C=O) groups is 3. The van der Waals surface area contributed by atoms with Crippen LogP contribution in [-0.2, 0) is 25.7 Å². The summed E-state index contributed by atoms with van der Waals surface area (Å²) in [6.45, 7) is 1.60. The quantitative estimate of drug-likeness (QED) is 0.261. The molecule has 39 heavy (non-hydrogen) atoms. The molecule has 0 saturated carbocycles. The van der Waals surface area contributed by atoms with Crippen molar-refractivity contribution in [3.05, 3.63) is 84.8 Å². The molecule has 11 nitrogen and oxygen atoms in total. The van der Waals surface area contributed by atoms with Crippen LogP contribution in [0.1, 0.15) is 16.4 Å². The van der Waals surface area contributed by atoms with Gasteiger partial charge < -0.3 is 9.64 Å². The normalized spacial score (nSPS) is 22.5. The van der Waals surface area contributed by atoms with Crippen molar-refractivity contribution in [3.8, 4) is 0 Å². The molecule has 200 valence electrons. The molecular weight excluding hydrogens is 544 g/mol. The lowest BCUT2D eigenvalue weighted by Gasteiger charge is -2.31. The molecular formula is C26H22N4O7S2. The summed E-state index contributed by atoms with van der Waals surface area (Å²) < 4.78 is 6.74. The van der Waals surface area contributed by atoms with Crippen molar-refractivity contribution in [2.24, 2.45) is 5.92 Å². The van der Waals surface area contributed by atoms with Gasteiger partial charge in [-0.15, -0.1) is 0 Å². The maximum Gasteiger partial charge on any atom is 0.308 e. The molecule has 13 heteroatoms. The number of thioether (sulfide) groups is 1. The van der Waals surface area contributed by atoms with Crippen molar-refractivity contribution < 1.29 is 24.0 Å². The number of hydrogen-bond acceptors (Lipinski definition) is 9. The number of aromatic nitrogens is 1. The van der Waals surface area contributed by atoms with Crippen LogP contribution in [0.5, 0.6) is 0 Å². The second kappa shape index (κ2) is 10.1. The minimum Gasteiger partial charge on any atom is -0.378 e. The van der Waals surface area contributed by atoms with Gasteiger partial charge in [0.2, 0.25) is 17.7 Å². The lowest BCUT2D eigenvalue weighted by atomic mass is 9.83. The van der Waals surface area contributed by atoms with Gasteiger partial charge in [0.25, 0.3) is 5.69 Å². The highest BCUT2D eigenvalue weighted by Crippen LogP contribution is 2.53. The molecule has 3 aromatic rings. The summed E-state index contributed by atoms with van der Waals surface area (Å²) in [6, 6.07) is 14.5. The van der Waals surface area contributed by atoms with Gasteiger partial charge in [-0.05, 0) is 17.7 Å². The number of anilines is 1. The van der Waals surface area contributed by atoms with Gasteiger partial charge in [0, 0.05) is 36.0 Å². The number of carbonyl (C=O) groups excluding carboxylic acids is 3. The summed E-state index contributed by atoms with van der Waals surface area (Å²) in [7, 11) is 0. The number of thiazole rings is 1. The Hall–Kier alpha value is -3.81. The Kier molecular flexibility index (Phi) is 6.57. The Morgan fingerprint density at radius 3 is 2.36 bits per heavy atom. The van der Waals surface area contributed by atoms with E-state index in [1.807, 2.05) is 30.3 Å². The number of morpholine rings is 1. The van der Waals surface area contributed by atoms with Gasteiger partial charge in [0.1, 0.15) is 11.8 Å². The van der Waals surface area contributed by atoms with E-state index in [4.69, 9.17) is 4.74 Å². The molecule has 3 aliphatic rings. The second-order valence-electron chi connectivity index (χ2n) is 9.35. The maximum absolute atomic E-state index is 13.8. The lowest BCUT2D eigenvalue weighted by molar-refractivity contribution is -0.384. The molecule has 0 spiro atoms. The summed E-state index contributed by atoms with van der Waals surface area (Å²) in [4.78, 5) is 67.4. The number of hydrogen-bond donors (Lipinski definition) is 0. The third kappa shape index (κ3) is 4.36. The molecule has 3 atom stereocenters. The number of amides is 3. The van der Waals surface area contributed by atoms with Crippen molar-refractivity contribution in [1.29, 1.82) is 0 Å². The molecule has 1 aromatic heterocycles. The number of nitro benzene ring substituents is 1. The van der Waals surface area contributed by atoms with Crippen LogP contribution in [0.15, 0.2) is 64.4 Å². The Balaban J connectivity index is 1.40. The predicted molar refractivity (Wildman–Crippen MR) is 143 cm³/mol. The van der Waals surface area contributed by atoms with Gasteiger partial charge in [-0.2, -0.15) is 0 Å². The summed E-state index contributed by atoms with van der Waals surface area (Å²) >= 11 is 2.14. The smallest absolute Gasteiger partial charge is 0.308 e. The fourth-order valence-corrected chi connectivity index (χ4v) is 8.07. The third-order valence-corrected chi connectivity index (χ3v) is 9.79.